The first-order valence-electron chi connectivity index (χ1n) is 7.97. The zero-order valence-electron chi connectivity index (χ0n) is 15.0. The topological polar surface area (TPSA) is 84.9 Å². The molecule has 144 valence electrons. The molecule has 1 atom stereocenters. The molecule has 0 aromatic heterocycles. The molecule has 0 aliphatic heterocycles. The van der Waals surface area contributed by atoms with Crippen LogP contribution in [0.25, 0.3) is 0 Å². The number of carbonyl (C=O) groups excluding carboxylic acids is 1. The summed E-state index contributed by atoms with van der Waals surface area (Å²) in [5, 5.41) is 11.7. The Morgan fingerprint density at radius 1 is 1.19 bits per heavy atom. The molecule has 1 amide bonds. The maximum Gasteiger partial charge on any atom is 0.305 e. The number of rotatable bonds is 7. The van der Waals surface area contributed by atoms with Gasteiger partial charge in [-0.1, -0.05) is 17.7 Å². The standard InChI is InChI=1S/C19H19ClFNO5/c1-10-16(26-2)7-12(8-17(10)27-3)19(25)22-15(9-18(23)24)11-4-5-13(20)14(21)6-11/h4-8,15H,9H2,1-3H3,(H,22,25)(H,23,24). The number of amides is 1. The van der Waals surface area contributed by atoms with Crippen molar-refractivity contribution in [2.75, 3.05) is 14.2 Å². The summed E-state index contributed by atoms with van der Waals surface area (Å²) < 4.78 is 24.2. The van der Waals surface area contributed by atoms with E-state index in [2.05, 4.69) is 5.32 Å². The first-order valence-corrected chi connectivity index (χ1v) is 8.34. The molecule has 0 saturated carbocycles. The van der Waals surface area contributed by atoms with E-state index in [1.165, 1.54) is 38.5 Å². The number of hydrogen-bond acceptors (Lipinski definition) is 4. The van der Waals surface area contributed by atoms with Gasteiger partial charge in [-0.05, 0) is 36.8 Å². The van der Waals surface area contributed by atoms with Crippen molar-refractivity contribution in [2.45, 2.75) is 19.4 Å². The van der Waals surface area contributed by atoms with Crippen molar-refractivity contribution in [3.63, 3.8) is 0 Å². The summed E-state index contributed by atoms with van der Waals surface area (Å²) >= 11 is 5.67. The minimum Gasteiger partial charge on any atom is -0.496 e. The fourth-order valence-electron chi connectivity index (χ4n) is 2.61. The lowest BCUT2D eigenvalue weighted by Gasteiger charge is -2.19. The number of carbonyl (C=O) groups is 2. The Hall–Kier alpha value is -2.80. The van der Waals surface area contributed by atoms with Gasteiger partial charge in [0.2, 0.25) is 0 Å². The number of nitrogens with one attached hydrogen (secondary N) is 1. The Bertz CT molecular complexity index is 846. The third kappa shape index (κ3) is 4.89. The van der Waals surface area contributed by atoms with Crippen LogP contribution in [0.15, 0.2) is 30.3 Å². The molecule has 0 saturated heterocycles. The lowest BCUT2D eigenvalue weighted by Crippen LogP contribution is -2.30. The van der Waals surface area contributed by atoms with E-state index in [-0.39, 0.29) is 10.6 Å². The highest BCUT2D eigenvalue weighted by Crippen LogP contribution is 2.30. The summed E-state index contributed by atoms with van der Waals surface area (Å²) in [5.74, 6) is -1.49. The van der Waals surface area contributed by atoms with Gasteiger partial charge in [-0.25, -0.2) is 4.39 Å². The molecule has 0 radical (unpaired) electrons. The van der Waals surface area contributed by atoms with Gasteiger partial charge in [0.05, 0.1) is 31.7 Å². The molecule has 0 aliphatic carbocycles. The van der Waals surface area contributed by atoms with E-state index >= 15 is 0 Å². The van der Waals surface area contributed by atoms with Crippen LogP contribution in [-0.4, -0.2) is 31.2 Å². The third-order valence-electron chi connectivity index (χ3n) is 4.04. The second kappa shape index (κ2) is 8.73. The van der Waals surface area contributed by atoms with E-state index < -0.39 is 30.2 Å². The Labute approximate surface area is 160 Å². The van der Waals surface area contributed by atoms with E-state index in [1.54, 1.807) is 6.92 Å². The van der Waals surface area contributed by atoms with Crippen LogP contribution in [-0.2, 0) is 4.79 Å². The largest absolute Gasteiger partial charge is 0.496 e. The monoisotopic (exact) mass is 395 g/mol. The summed E-state index contributed by atoms with van der Waals surface area (Å²) in [6, 6.07) is 5.98. The Morgan fingerprint density at radius 3 is 2.26 bits per heavy atom. The van der Waals surface area contributed by atoms with Crippen LogP contribution < -0.4 is 14.8 Å². The molecule has 0 spiro atoms. The Balaban J connectivity index is 2.36. The number of methoxy groups -OCH3 is 2. The van der Waals surface area contributed by atoms with Crippen molar-refractivity contribution in [1.82, 2.24) is 5.32 Å². The molecule has 1 unspecified atom stereocenters. The number of halogens is 2. The molecule has 27 heavy (non-hydrogen) atoms. The average molecular weight is 396 g/mol. The molecule has 6 nitrogen and oxygen atoms in total. The van der Waals surface area contributed by atoms with Crippen molar-refractivity contribution in [3.05, 3.63) is 57.9 Å². The van der Waals surface area contributed by atoms with Crippen molar-refractivity contribution in [3.8, 4) is 11.5 Å². The normalized spacial score (nSPS) is 11.6. The second-order valence-electron chi connectivity index (χ2n) is 5.80. The highest BCUT2D eigenvalue weighted by atomic mass is 35.5. The number of carboxylic acids is 1. The predicted octanol–water partition coefficient (Wildman–Crippen LogP) is 3.75. The van der Waals surface area contributed by atoms with Gasteiger partial charge in [0.1, 0.15) is 17.3 Å². The number of carboxylic acid groups (broad SMARTS) is 1. The number of ether oxygens (including phenoxy) is 2. The molecule has 2 rings (SSSR count). The molecular formula is C19H19ClFNO5. The molecular weight excluding hydrogens is 377 g/mol. The van der Waals surface area contributed by atoms with Gasteiger partial charge in [0.25, 0.3) is 5.91 Å². The fraction of sp³-hybridized carbons (Fsp3) is 0.263. The Kier molecular flexibility index (Phi) is 6.63. The lowest BCUT2D eigenvalue weighted by molar-refractivity contribution is -0.137. The quantitative estimate of drug-likeness (QED) is 0.745. The van der Waals surface area contributed by atoms with Crippen molar-refractivity contribution >= 4 is 23.5 Å². The molecule has 2 aromatic carbocycles. The third-order valence-corrected chi connectivity index (χ3v) is 4.35. The van der Waals surface area contributed by atoms with Crippen molar-refractivity contribution in [2.24, 2.45) is 0 Å². The van der Waals surface area contributed by atoms with E-state index in [0.717, 1.165) is 11.6 Å². The van der Waals surface area contributed by atoms with E-state index in [9.17, 15) is 14.0 Å². The number of aliphatic carboxylic acids is 1. The van der Waals surface area contributed by atoms with Gasteiger partial charge in [0.15, 0.2) is 0 Å². The van der Waals surface area contributed by atoms with E-state index in [4.69, 9.17) is 26.2 Å². The molecule has 8 heteroatoms. The first kappa shape index (κ1) is 20.5. The fourth-order valence-corrected chi connectivity index (χ4v) is 2.73. The van der Waals surface area contributed by atoms with Crippen LogP contribution in [0.4, 0.5) is 4.39 Å². The molecule has 0 bridgehead atoms. The molecule has 0 aliphatic rings. The SMILES string of the molecule is COc1cc(C(=O)NC(CC(=O)O)c2ccc(Cl)c(F)c2)cc(OC)c1C. The summed E-state index contributed by atoms with van der Waals surface area (Å²) in [6.07, 6.45) is -0.424. The van der Waals surface area contributed by atoms with Gasteiger partial charge in [-0.2, -0.15) is 0 Å². The van der Waals surface area contributed by atoms with Gasteiger partial charge in [-0.3, -0.25) is 9.59 Å². The van der Waals surface area contributed by atoms with Crippen LogP contribution in [0.2, 0.25) is 5.02 Å². The predicted molar refractivity (Wildman–Crippen MR) is 98.2 cm³/mol. The van der Waals surface area contributed by atoms with Crippen LogP contribution in [0, 0.1) is 12.7 Å². The van der Waals surface area contributed by atoms with E-state index in [0.29, 0.717) is 17.1 Å². The van der Waals surface area contributed by atoms with E-state index in [1.807, 2.05) is 0 Å². The maximum absolute atomic E-state index is 13.8. The van der Waals surface area contributed by atoms with Crippen LogP contribution in [0.1, 0.15) is 33.9 Å². The first-order chi connectivity index (χ1) is 12.8. The highest BCUT2D eigenvalue weighted by molar-refractivity contribution is 6.30. The van der Waals surface area contributed by atoms with Gasteiger partial charge in [-0.15, -0.1) is 0 Å². The van der Waals surface area contributed by atoms with Crippen LogP contribution >= 0.6 is 11.6 Å². The number of benzene rings is 2. The van der Waals surface area contributed by atoms with Gasteiger partial charge in [0, 0.05) is 11.1 Å². The Morgan fingerprint density at radius 2 is 1.78 bits per heavy atom. The van der Waals surface area contributed by atoms with Gasteiger partial charge >= 0.3 is 5.97 Å². The van der Waals surface area contributed by atoms with Gasteiger partial charge < -0.3 is 19.9 Å². The molecule has 2 N–H and O–H groups in total. The zero-order valence-corrected chi connectivity index (χ0v) is 15.8. The molecule has 0 fully saturated rings. The van der Waals surface area contributed by atoms with Crippen LogP contribution in [0.5, 0.6) is 11.5 Å². The van der Waals surface area contributed by atoms with Crippen molar-refractivity contribution in [1.29, 1.82) is 0 Å². The smallest absolute Gasteiger partial charge is 0.305 e. The zero-order chi connectivity index (χ0) is 20.1. The highest BCUT2D eigenvalue weighted by Gasteiger charge is 2.21. The minimum atomic E-state index is -1.14. The summed E-state index contributed by atoms with van der Waals surface area (Å²) in [7, 11) is 2.93. The maximum atomic E-state index is 13.8. The van der Waals surface area contributed by atoms with Crippen molar-refractivity contribution < 1.29 is 28.6 Å². The van der Waals surface area contributed by atoms with Crippen LogP contribution in [0.3, 0.4) is 0 Å². The molecule has 0 heterocycles. The second-order valence-corrected chi connectivity index (χ2v) is 6.21. The molecule has 2 aromatic rings. The summed E-state index contributed by atoms with van der Waals surface area (Å²) in [5.41, 5.74) is 1.23. The lowest BCUT2D eigenvalue weighted by atomic mass is 10.0. The summed E-state index contributed by atoms with van der Waals surface area (Å²) in [4.78, 5) is 23.9. The minimum absolute atomic E-state index is 0.0906. The number of hydrogen-bond donors (Lipinski definition) is 2. The average Bonchev–Trinajstić information content (AvgIpc) is 2.63. The summed E-state index contributed by atoms with van der Waals surface area (Å²) in [6.45, 7) is 1.78.